The summed E-state index contributed by atoms with van der Waals surface area (Å²) in [6.45, 7) is 3.84. The molecule has 32 heavy (non-hydrogen) atoms. The Morgan fingerprint density at radius 2 is 1.53 bits per heavy atom. The molecule has 162 valence electrons. The number of carbonyl (C=O) groups is 1. The quantitative estimate of drug-likeness (QED) is 0.377. The van der Waals surface area contributed by atoms with Crippen molar-refractivity contribution in [1.29, 1.82) is 0 Å². The van der Waals surface area contributed by atoms with Crippen LogP contribution >= 0.6 is 23.2 Å². The summed E-state index contributed by atoms with van der Waals surface area (Å²) in [5, 5.41) is 2.13. The first-order chi connectivity index (χ1) is 15.6. The van der Waals surface area contributed by atoms with Crippen molar-refractivity contribution >= 4 is 40.0 Å². The molecule has 6 heteroatoms. The molecule has 4 nitrogen and oxygen atoms in total. The van der Waals surface area contributed by atoms with Gasteiger partial charge in [-0.25, -0.2) is 0 Å². The monoisotopic (exact) mass is 463 g/mol. The molecule has 0 radical (unpaired) electrons. The van der Waals surface area contributed by atoms with Crippen molar-refractivity contribution in [3.8, 4) is 5.69 Å². The number of fused-ring (bicyclic) bond motifs is 1. The van der Waals surface area contributed by atoms with E-state index in [1.165, 1.54) is 0 Å². The summed E-state index contributed by atoms with van der Waals surface area (Å²) in [6, 6.07) is 24.0. The Bertz CT molecular complexity index is 1260. The Morgan fingerprint density at radius 3 is 2.28 bits per heavy atom. The molecule has 1 aromatic heterocycles. The smallest absolute Gasteiger partial charge is 0.256 e. The van der Waals surface area contributed by atoms with Gasteiger partial charge in [0.1, 0.15) is 0 Å². The average Bonchev–Trinajstić information content (AvgIpc) is 3.22. The normalized spacial score (nSPS) is 14.8. The van der Waals surface area contributed by atoms with Gasteiger partial charge in [0.25, 0.3) is 5.91 Å². The van der Waals surface area contributed by atoms with E-state index in [0.717, 1.165) is 47.4 Å². The Labute approximate surface area is 197 Å². The summed E-state index contributed by atoms with van der Waals surface area (Å²) in [6.07, 6.45) is 1.98. The Hall–Kier alpha value is -2.79. The number of halogens is 2. The third-order valence-corrected chi connectivity index (χ3v) is 6.77. The van der Waals surface area contributed by atoms with E-state index >= 15 is 0 Å². The molecule has 0 unspecified atom stereocenters. The van der Waals surface area contributed by atoms with E-state index in [-0.39, 0.29) is 5.91 Å². The average molecular weight is 464 g/mol. The molecular formula is C26H23Cl2N3O. The summed E-state index contributed by atoms with van der Waals surface area (Å²) in [5.74, 6) is 0.0880. The van der Waals surface area contributed by atoms with Crippen LogP contribution in [0.25, 0.3) is 16.6 Å². The van der Waals surface area contributed by atoms with Gasteiger partial charge in [-0.2, -0.15) is 0 Å². The van der Waals surface area contributed by atoms with Gasteiger partial charge in [-0.15, -0.1) is 0 Å². The molecule has 1 aliphatic heterocycles. The Morgan fingerprint density at radius 1 is 0.812 bits per heavy atom. The summed E-state index contributed by atoms with van der Waals surface area (Å²) >= 11 is 12.2. The molecule has 0 bridgehead atoms. The lowest BCUT2D eigenvalue weighted by atomic mass is 10.1. The molecule has 2 heterocycles. The maximum absolute atomic E-state index is 13.5. The van der Waals surface area contributed by atoms with Crippen LogP contribution in [0.2, 0.25) is 10.0 Å². The molecule has 0 spiro atoms. The molecular weight excluding hydrogens is 441 g/mol. The van der Waals surface area contributed by atoms with Crippen LogP contribution in [-0.2, 0) is 6.54 Å². The van der Waals surface area contributed by atoms with Crippen LogP contribution in [0.1, 0.15) is 15.9 Å². The van der Waals surface area contributed by atoms with Crippen LogP contribution < -0.4 is 0 Å². The van der Waals surface area contributed by atoms with Crippen LogP contribution in [0.3, 0.4) is 0 Å². The molecule has 1 amide bonds. The van der Waals surface area contributed by atoms with Crippen molar-refractivity contribution in [1.82, 2.24) is 14.4 Å². The van der Waals surface area contributed by atoms with Gasteiger partial charge in [0.2, 0.25) is 0 Å². The van der Waals surface area contributed by atoms with Crippen LogP contribution in [0.4, 0.5) is 0 Å². The van der Waals surface area contributed by atoms with Gasteiger partial charge >= 0.3 is 0 Å². The number of carbonyl (C=O) groups excluding carboxylic acids is 1. The van der Waals surface area contributed by atoms with E-state index in [4.69, 9.17) is 23.2 Å². The SMILES string of the molecule is O=C(c1cn(-c2ccccc2)c2ccccc12)N1CCN(Cc2ccc(Cl)c(Cl)c2)CC1. The van der Waals surface area contributed by atoms with E-state index in [2.05, 4.69) is 27.7 Å². The number of nitrogens with zero attached hydrogens (tertiary/aromatic N) is 3. The van der Waals surface area contributed by atoms with Gasteiger partial charge in [0, 0.05) is 50.0 Å². The molecule has 0 N–H and O–H groups in total. The molecule has 1 fully saturated rings. The highest BCUT2D eigenvalue weighted by Gasteiger charge is 2.25. The van der Waals surface area contributed by atoms with Gasteiger partial charge in [0.05, 0.1) is 21.1 Å². The second-order valence-electron chi connectivity index (χ2n) is 8.08. The number of para-hydroxylation sites is 2. The highest BCUT2D eigenvalue weighted by molar-refractivity contribution is 6.42. The molecule has 0 atom stereocenters. The summed E-state index contributed by atoms with van der Waals surface area (Å²) < 4.78 is 2.10. The number of hydrogen-bond acceptors (Lipinski definition) is 2. The van der Waals surface area contributed by atoms with Gasteiger partial charge in [0.15, 0.2) is 0 Å². The molecule has 3 aromatic carbocycles. The van der Waals surface area contributed by atoms with Crippen molar-refractivity contribution < 1.29 is 4.79 Å². The van der Waals surface area contributed by atoms with Crippen LogP contribution in [0.15, 0.2) is 79.0 Å². The first kappa shape index (κ1) is 21.1. The van der Waals surface area contributed by atoms with Crippen LogP contribution in [0.5, 0.6) is 0 Å². The highest BCUT2D eigenvalue weighted by atomic mass is 35.5. The number of piperazine rings is 1. The molecule has 5 rings (SSSR count). The molecule has 1 saturated heterocycles. The van der Waals surface area contributed by atoms with Crippen molar-refractivity contribution in [2.24, 2.45) is 0 Å². The van der Waals surface area contributed by atoms with Gasteiger partial charge in [-0.1, -0.05) is 65.7 Å². The topological polar surface area (TPSA) is 28.5 Å². The summed E-state index contributed by atoms with van der Waals surface area (Å²) in [4.78, 5) is 17.8. The van der Waals surface area contributed by atoms with E-state index in [0.29, 0.717) is 23.1 Å². The zero-order chi connectivity index (χ0) is 22.1. The molecule has 4 aromatic rings. The highest BCUT2D eigenvalue weighted by Crippen LogP contribution is 2.27. The Balaban J connectivity index is 1.33. The lowest BCUT2D eigenvalue weighted by molar-refractivity contribution is 0.0630. The van der Waals surface area contributed by atoms with Crippen LogP contribution in [0, 0.1) is 0 Å². The predicted molar refractivity (Wildman–Crippen MR) is 131 cm³/mol. The van der Waals surface area contributed by atoms with Gasteiger partial charge < -0.3 is 9.47 Å². The first-order valence-electron chi connectivity index (χ1n) is 10.7. The zero-order valence-corrected chi connectivity index (χ0v) is 19.1. The second-order valence-corrected chi connectivity index (χ2v) is 8.90. The second kappa shape index (κ2) is 8.99. The van der Waals surface area contributed by atoms with Gasteiger partial charge in [-0.05, 0) is 35.9 Å². The summed E-state index contributed by atoms with van der Waals surface area (Å²) in [5.41, 5.74) is 3.97. The molecule has 0 saturated carbocycles. The maximum atomic E-state index is 13.5. The largest absolute Gasteiger partial charge is 0.336 e. The Kier molecular flexibility index (Phi) is 5.92. The third-order valence-electron chi connectivity index (χ3n) is 6.03. The number of rotatable bonds is 4. The van der Waals surface area contributed by atoms with Crippen LogP contribution in [-0.4, -0.2) is 46.5 Å². The predicted octanol–water partition coefficient (Wildman–Crippen LogP) is 5.90. The fraction of sp³-hybridized carbons (Fsp3) is 0.192. The van der Waals surface area contributed by atoms with E-state index in [9.17, 15) is 4.79 Å². The standard InChI is InChI=1S/C26H23Cl2N3O/c27-23-11-10-19(16-24(23)28)17-29-12-14-30(15-13-29)26(32)22-18-31(20-6-2-1-3-7-20)25-9-5-4-8-21(22)25/h1-11,16,18H,12-15,17H2. The minimum atomic E-state index is 0.0880. The lowest BCUT2D eigenvalue weighted by Gasteiger charge is -2.34. The molecule has 1 aliphatic rings. The van der Waals surface area contributed by atoms with Crippen molar-refractivity contribution in [3.63, 3.8) is 0 Å². The first-order valence-corrected chi connectivity index (χ1v) is 11.5. The van der Waals surface area contributed by atoms with Crippen molar-refractivity contribution in [2.45, 2.75) is 6.54 Å². The summed E-state index contributed by atoms with van der Waals surface area (Å²) in [7, 11) is 0. The van der Waals surface area contributed by atoms with E-state index < -0.39 is 0 Å². The van der Waals surface area contributed by atoms with E-state index in [1.54, 1.807) is 0 Å². The minimum Gasteiger partial charge on any atom is -0.336 e. The fourth-order valence-electron chi connectivity index (χ4n) is 4.33. The van der Waals surface area contributed by atoms with E-state index in [1.807, 2.05) is 65.7 Å². The number of benzene rings is 3. The minimum absolute atomic E-state index is 0.0880. The number of hydrogen-bond donors (Lipinski definition) is 0. The number of aromatic nitrogens is 1. The maximum Gasteiger partial charge on any atom is 0.256 e. The number of amides is 1. The molecule has 0 aliphatic carbocycles. The van der Waals surface area contributed by atoms with Gasteiger partial charge in [-0.3, -0.25) is 9.69 Å². The van der Waals surface area contributed by atoms with Crippen molar-refractivity contribution in [3.05, 3.63) is 100 Å². The zero-order valence-electron chi connectivity index (χ0n) is 17.5. The van der Waals surface area contributed by atoms with Crippen molar-refractivity contribution in [2.75, 3.05) is 26.2 Å². The fourth-order valence-corrected chi connectivity index (χ4v) is 4.65. The third kappa shape index (κ3) is 4.14. The lowest BCUT2D eigenvalue weighted by Crippen LogP contribution is -2.48.